The quantitative estimate of drug-likeness (QED) is 0.0446. The van der Waals surface area contributed by atoms with Crippen LogP contribution in [-0.2, 0) is 4.79 Å². The van der Waals surface area contributed by atoms with Crippen molar-refractivity contribution < 1.29 is 4.79 Å². The molecule has 2 nitrogen and oxygen atoms in total. The van der Waals surface area contributed by atoms with Gasteiger partial charge in [0.2, 0.25) is 5.91 Å². The van der Waals surface area contributed by atoms with Crippen molar-refractivity contribution >= 4 is 5.91 Å². The van der Waals surface area contributed by atoms with Gasteiger partial charge in [-0.3, -0.25) is 4.79 Å². The molecule has 0 saturated heterocycles. The standard InChI is InChI=1S/C53H105NO/c1-6-11-16-21-26-31-36-41-46-51(47-42-37-32-27-22-17-12-7-2)52(48-43-38-33-28-23-18-13-8-3)53(55)54(49-44-39-34-29-24-19-14-9-4)50-45-40-35-30-25-20-15-10-5/h6-50H2,1-5H3. The van der Waals surface area contributed by atoms with Gasteiger partial charge in [0.05, 0.1) is 0 Å². The van der Waals surface area contributed by atoms with Crippen molar-refractivity contribution in [2.75, 3.05) is 13.1 Å². The van der Waals surface area contributed by atoms with Crippen LogP contribution in [0, 0.1) is 0 Å². The van der Waals surface area contributed by atoms with Gasteiger partial charge >= 0.3 is 0 Å². The summed E-state index contributed by atoms with van der Waals surface area (Å²) in [5, 5.41) is 0. The van der Waals surface area contributed by atoms with E-state index in [-0.39, 0.29) is 0 Å². The van der Waals surface area contributed by atoms with Crippen LogP contribution in [0.15, 0.2) is 11.1 Å². The third-order valence-electron chi connectivity index (χ3n) is 12.5. The molecule has 2 heteroatoms. The van der Waals surface area contributed by atoms with Gasteiger partial charge in [0.25, 0.3) is 0 Å². The van der Waals surface area contributed by atoms with Gasteiger partial charge in [-0.15, -0.1) is 0 Å². The van der Waals surface area contributed by atoms with Gasteiger partial charge in [-0.25, -0.2) is 0 Å². The van der Waals surface area contributed by atoms with Gasteiger partial charge < -0.3 is 4.90 Å². The molecule has 0 radical (unpaired) electrons. The highest BCUT2D eigenvalue weighted by Gasteiger charge is 2.21. The molecule has 0 aliphatic rings. The molecule has 0 spiro atoms. The molecular formula is C53H105NO. The third-order valence-corrected chi connectivity index (χ3v) is 12.5. The molecule has 328 valence electrons. The Morgan fingerprint density at radius 2 is 0.491 bits per heavy atom. The number of allylic oxidation sites excluding steroid dienone is 1. The molecular weight excluding hydrogens is 667 g/mol. The molecule has 0 rings (SSSR count). The van der Waals surface area contributed by atoms with Crippen molar-refractivity contribution in [1.29, 1.82) is 0 Å². The van der Waals surface area contributed by atoms with E-state index in [9.17, 15) is 4.79 Å². The predicted molar refractivity (Wildman–Crippen MR) is 251 cm³/mol. The number of unbranched alkanes of at least 4 members (excludes halogenated alkanes) is 35. The number of hydrogen-bond donors (Lipinski definition) is 0. The molecule has 0 aliphatic heterocycles. The molecule has 0 aliphatic carbocycles. The first-order chi connectivity index (χ1) is 27.2. The van der Waals surface area contributed by atoms with Gasteiger partial charge in [-0.1, -0.05) is 265 Å². The summed E-state index contributed by atoms with van der Waals surface area (Å²) in [5.41, 5.74) is 2.87. The molecule has 0 atom stereocenters. The molecule has 0 unspecified atom stereocenters. The van der Waals surface area contributed by atoms with Crippen molar-refractivity contribution in [2.45, 2.75) is 311 Å². The largest absolute Gasteiger partial charge is 0.339 e. The second kappa shape index (κ2) is 45.9. The Morgan fingerprint density at radius 3 is 0.764 bits per heavy atom. The van der Waals surface area contributed by atoms with Crippen molar-refractivity contribution in [1.82, 2.24) is 4.90 Å². The molecule has 0 aromatic heterocycles. The normalized spacial score (nSPS) is 11.4. The van der Waals surface area contributed by atoms with Gasteiger partial charge in [-0.05, 0) is 51.4 Å². The fourth-order valence-electron chi connectivity index (χ4n) is 8.62. The minimum absolute atomic E-state index is 0.461. The topological polar surface area (TPSA) is 20.3 Å². The number of hydrogen-bond acceptors (Lipinski definition) is 1. The fourth-order valence-corrected chi connectivity index (χ4v) is 8.62. The first kappa shape index (κ1) is 54.2. The van der Waals surface area contributed by atoms with E-state index in [1.165, 1.54) is 275 Å². The van der Waals surface area contributed by atoms with Crippen LogP contribution in [0.2, 0.25) is 0 Å². The Bertz CT molecular complexity index is 743. The first-order valence-corrected chi connectivity index (χ1v) is 26.2. The number of carbonyl (C=O) groups is 1. The van der Waals surface area contributed by atoms with Crippen LogP contribution in [0.25, 0.3) is 0 Å². The molecule has 0 fully saturated rings. The maximum absolute atomic E-state index is 14.9. The Balaban J connectivity index is 5.88. The lowest BCUT2D eigenvalue weighted by molar-refractivity contribution is -0.127. The lowest BCUT2D eigenvalue weighted by atomic mass is 9.91. The van der Waals surface area contributed by atoms with E-state index in [1.54, 1.807) is 5.57 Å². The third kappa shape index (κ3) is 37.2. The summed E-state index contributed by atoms with van der Waals surface area (Å²) in [6.45, 7) is 13.5. The molecule has 0 aromatic carbocycles. The summed E-state index contributed by atoms with van der Waals surface area (Å²) in [5.74, 6) is 0.461. The van der Waals surface area contributed by atoms with Crippen LogP contribution in [0.5, 0.6) is 0 Å². The zero-order chi connectivity index (χ0) is 40.1. The van der Waals surface area contributed by atoms with Crippen LogP contribution in [-0.4, -0.2) is 23.9 Å². The monoisotopic (exact) mass is 772 g/mol. The van der Waals surface area contributed by atoms with E-state index in [0.717, 1.165) is 19.5 Å². The molecule has 0 saturated carbocycles. The molecule has 0 N–H and O–H groups in total. The number of carbonyl (C=O) groups excluding carboxylic acids is 1. The summed E-state index contributed by atoms with van der Waals surface area (Å²) >= 11 is 0. The molecule has 0 heterocycles. The van der Waals surface area contributed by atoms with Crippen molar-refractivity contribution in [2.24, 2.45) is 0 Å². The van der Waals surface area contributed by atoms with Crippen LogP contribution in [0.1, 0.15) is 311 Å². The Kier molecular flexibility index (Phi) is 45.2. The van der Waals surface area contributed by atoms with Crippen LogP contribution in [0.3, 0.4) is 0 Å². The highest BCUT2D eigenvalue weighted by atomic mass is 16.2. The number of amides is 1. The van der Waals surface area contributed by atoms with Gasteiger partial charge in [0, 0.05) is 18.7 Å². The summed E-state index contributed by atoms with van der Waals surface area (Å²) < 4.78 is 0. The molecule has 55 heavy (non-hydrogen) atoms. The highest BCUT2D eigenvalue weighted by Crippen LogP contribution is 2.28. The van der Waals surface area contributed by atoms with Gasteiger partial charge in [-0.2, -0.15) is 0 Å². The Labute approximate surface area is 349 Å². The second-order valence-corrected chi connectivity index (χ2v) is 18.0. The number of rotatable bonds is 46. The summed E-state index contributed by atoms with van der Waals surface area (Å²) in [4.78, 5) is 17.3. The molecule has 0 aromatic rings. The van der Waals surface area contributed by atoms with E-state index in [2.05, 4.69) is 39.5 Å². The fraction of sp³-hybridized carbons (Fsp3) is 0.943. The van der Waals surface area contributed by atoms with E-state index in [1.807, 2.05) is 0 Å². The zero-order valence-corrected chi connectivity index (χ0v) is 39.2. The van der Waals surface area contributed by atoms with E-state index in [0.29, 0.717) is 5.91 Å². The maximum atomic E-state index is 14.9. The maximum Gasteiger partial charge on any atom is 0.249 e. The molecule has 1 amide bonds. The van der Waals surface area contributed by atoms with E-state index < -0.39 is 0 Å². The second-order valence-electron chi connectivity index (χ2n) is 18.0. The first-order valence-electron chi connectivity index (χ1n) is 26.2. The minimum Gasteiger partial charge on any atom is -0.339 e. The van der Waals surface area contributed by atoms with E-state index >= 15 is 0 Å². The van der Waals surface area contributed by atoms with E-state index in [4.69, 9.17) is 0 Å². The molecule has 0 bridgehead atoms. The average molecular weight is 772 g/mol. The summed E-state index contributed by atoms with van der Waals surface area (Å²) in [6, 6.07) is 0. The SMILES string of the molecule is CCCCCCCCCCC(CCCCCCCCCC)=C(CCCCCCCCCC)C(=O)N(CCCCCCCCCC)CCCCCCCCCC. The number of nitrogens with zero attached hydrogens (tertiary/aromatic N) is 1. The smallest absolute Gasteiger partial charge is 0.249 e. The van der Waals surface area contributed by atoms with Crippen LogP contribution < -0.4 is 0 Å². The summed E-state index contributed by atoms with van der Waals surface area (Å²) in [6.07, 6.45) is 57.3. The minimum atomic E-state index is 0.461. The van der Waals surface area contributed by atoms with Crippen molar-refractivity contribution in [3.05, 3.63) is 11.1 Å². The lowest BCUT2D eigenvalue weighted by Crippen LogP contribution is -2.34. The lowest BCUT2D eigenvalue weighted by Gasteiger charge is -2.26. The van der Waals surface area contributed by atoms with Crippen LogP contribution in [0.4, 0.5) is 0 Å². The Hall–Kier alpha value is -0.790. The van der Waals surface area contributed by atoms with Crippen molar-refractivity contribution in [3.63, 3.8) is 0 Å². The van der Waals surface area contributed by atoms with Crippen molar-refractivity contribution in [3.8, 4) is 0 Å². The predicted octanol–water partition coefficient (Wildman–Crippen LogP) is 19.0. The Morgan fingerprint density at radius 1 is 0.273 bits per heavy atom. The van der Waals surface area contributed by atoms with Crippen LogP contribution >= 0.6 is 0 Å². The highest BCUT2D eigenvalue weighted by molar-refractivity contribution is 5.94. The van der Waals surface area contributed by atoms with Gasteiger partial charge in [0.1, 0.15) is 0 Å². The van der Waals surface area contributed by atoms with Gasteiger partial charge in [0.15, 0.2) is 0 Å². The average Bonchev–Trinajstić information content (AvgIpc) is 3.19. The summed E-state index contributed by atoms with van der Waals surface area (Å²) in [7, 11) is 0. The zero-order valence-electron chi connectivity index (χ0n) is 39.2.